The molecule has 3 rings (SSSR count). The van der Waals surface area contributed by atoms with Crippen molar-refractivity contribution in [2.45, 2.75) is 57.0 Å². The minimum Gasteiger partial charge on any atom is -0.346 e. The first-order valence-electron chi connectivity index (χ1n) is 9.09. The maximum Gasteiger partial charge on any atom is 0.309 e. The molecule has 5 nitrogen and oxygen atoms in total. The summed E-state index contributed by atoms with van der Waals surface area (Å²) in [5.41, 5.74) is 1.23. The van der Waals surface area contributed by atoms with Gasteiger partial charge in [0.05, 0.1) is 6.04 Å². The Morgan fingerprint density at radius 3 is 2.54 bits per heavy atom. The molecule has 1 unspecified atom stereocenters. The number of piperidine rings is 1. The zero-order chi connectivity index (χ0) is 16.8. The Bertz CT molecular complexity index is 534. The van der Waals surface area contributed by atoms with Gasteiger partial charge < -0.3 is 10.6 Å². The quantitative estimate of drug-likeness (QED) is 0.803. The van der Waals surface area contributed by atoms with Crippen molar-refractivity contribution in [2.75, 3.05) is 19.6 Å². The van der Waals surface area contributed by atoms with Crippen LogP contribution in [-0.4, -0.2) is 42.4 Å². The van der Waals surface area contributed by atoms with Crippen LogP contribution in [0, 0.1) is 0 Å². The molecule has 1 aliphatic heterocycles. The van der Waals surface area contributed by atoms with Crippen molar-refractivity contribution in [3.8, 4) is 0 Å². The molecular weight excluding hydrogens is 322 g/mol. The van der Waals surface area contributed by atoms with E-state index >= 15 is 0 Å². The highest BCUT2D eigenvalue weighted by Gasteiger charge is 2.25. The Balaban J connectivity index is 1.54. The second-order valence-corrected chi connectivity index (χ2v) is 7.61. The third-order valence-corrected chi connectivity index (χ3v) is 5.81. The van der Waals surface area contributed by atoms with Gasteiger partial charge in [-0.25, -0.2) is 0 Å². The van der Waals surface area contributed by atoms with Gasteiger partial charge >= 0.3 is 11.8 Å². The van der Waals surface area contributed by atoms with Gasteiger partial charge in [-0.2, -0.15) is 11.3 Å². The molecule has 2 amide bonds. The second-order valence-electron chi connectivity index (χ2n) is 6.83. The van der Waals surface area contributed by atoms with Crippen molar-refractivity contribution in [1.82, 2.24) is 15.5 Å². The lowest BCUT2D eigenvalue weighted by Gasteiger charge is -2.34. The standard InChI is InChI=1S/C18H27N3O2S/c22-17(18(23)20-15-6-2-3-7-15)19-12-16(14-8-11-24-13-14)21-9-4-1-5-10-21/h8,11,13,15-16H,1-7,9-10,12H2,(H,19,22)(H,20,23). The molecule has 1 aromatic heterocycles. The molecule has 0 bridgehead atoms. The number of hydrogen-bond donors (Lipinski definition) is 2. The van der Waals surface area contributed by atoms with E-state index in [9.17, 15) is 9.59 Å². The van der Waals surface area contributed by atoms with Crippen LogP contribution in [0.1, 0.15) is 56.6 Å². The summed E-state index contributed by atoms with van der Waals surface area (Å²) in [7, 11) is 0. The molecule has 1 aliphatic carbocycles. The topological polar surface area (TPSA) is 61.4 Å². The SMILES string of the molecule is O=C(NCC(c1ccsc1)N1CCCCC1)C(=O)NC1CCCC1. The fraction of sp³-hybridized carbons (Fsp3) is 0.667. The number of likely N-dealkylation sites (tertiary alicyclic amines) is 1. The molecule has 24 heavy (non-hydrogen) atoms. The maximum atomic E-state index is 12.1. The molecule has 0 aromatic carbocycles. The number of carbonyl (C=O) groups excluding carboxylic acids is 2. The lowest BCUT2D eigenvalue weighted by molar-refractivity contribution is -0.139. The summed E-state index contributed by atoms with van der Waals surface area (Å²) in [5, 5.41) is 9.92. The average Bonchev–Trinajstić information content (AvgIpc) is 3.30. The largest absolute Gasteiger partial charge is 0.346 e. The van der Waals surface area contributed by atoms with E-state index in [2.05, 4.69) is 32.4 Å². The van der Waals surface area contributed by atoms with Gasteiger partial charge in [0, 0.05) is 12.6 Å². The summed E-state index contributed by atoms with van der Waals surface area (Å²) in [4.78, 5) is 26.6. The number of nitrogens with zero attached hydrogens (tertiary/aromatic N) is 1. The van der Waals surface area contributed by atoms with Gasteiger partial charge in [0.15, 0.2) is 0 Å². The van der Waals surface area contributed by atoms with Crippen molar-refractivity contribution in [2.24, 2.45) is 0 Å². The summed E-state index contributed by atoms with van der Waals surface area (Å²) in [6.07, 6.45) is 7.95. The average molecular weight is 350 g/mol. The number of carbonyl (C=O) groups is 2. The molecule has 2 heterocycles. The highest BCUT2D eigenvalue weighted by Crippen LogP contribution is 2.25. The lowest BCUT2D eigenvalue weighted by Crippen LogP contribution is -2.47. The molecule has 0 radical (unpaired) electrons. The third-order valence-electron chi connectivity index (χ3n) is 5.11. The van der Waals surface area contributed by atoms with Crippen molar-refractivity contribution in [3.05, 3.63) is 22.4 Å². The van der Waals surface area contributed by atoms with E-state index in [0.29, 0.717) is 6.54 Å². The Labute approximate surface area is 147 Å². The van der Waals surface area contributed by atoms with Crippen LogP contribution in [-0.2, 0) is 9.59 Å². The smallest absolute Gasteiger partial charge is 0.309 e. The Morgan fingerprint density at radius 2 is 1.88 bits per heavy atom. The van der Waals surface area contributed by atoms with E-state index in [1.54, 1.807) is 11.3 Å². The zero-order valence-corrected chi connectivity index (χ0v) is 14.9. The van der Waals surface area contributed by atoms with Crippen molar-refractivity contribution in [3.63, 3.8) is 0 Å². The first kappa shape index (κ1) is 17.4. The Hall–Kier alpha value is -1.40. The lowest BCUT2D eigenvalue weighted by atomic mass is 10.0. The van der Waals surface area contributed by atoms with E-state index in [1.165, 1.54) is 24.8 Å². The normalized spacial score (nSPS) is 20.7. The Morgan fingerprint density at radius 1 is 1.12 bits per heavy atom. The first-order valence-corrected chi connectivity index (χ1v) is 10.0. The minimum atomic E-state index is -0.501. The second kappa shape index (κ2) is 8.62. The number of hydrogen-bond acceptors (Lipinski definition) is 4. The van der Waals surface area contributed by atoms with Gasteiger partial charge in [0.25, 0.3) is 0 Å². The van der Waals surface area contributed by atoms with E-state index in [4.69, 9.17) is 0 Å². The predicted molar refractivity (Wildman–Crippen MR) is 95.9 cm³/mol. The fourth-order valence-corrected chi connectivity index (χ4v) is 4.45. The van der Waals surface area contributed by atoms with Gasteiger partial charge in [0.1, 0.15) is 0 Å². The van der Waals surface area contributed by atoms with Crippen molar-refractivity contribution in [1.29, 1.82) is 0 Å². The molecule has 132 valence electrons. The van der Waals surface area contributed by atoms with E-state index in [0.717, 1.165) is 38.8 Å². The molecule has 1 aromatic rings. The summed E-state index contributed by atoms with van der Waals surface area (Å²) in [6, 6.07) is 2.46. The third kappa shape index (κ3) is 4.57. The molecule has 2 fully saturated rings. The van der Waals surface area contributed by atoms with Gasteiger partial charge in [-0.1, -0.05) is 19.3 Å². The van der Waals surface area contributed by atoms with Crippen LogP contribution in [0.15, 0.2) is 16.8 Å². The monoisotopic (exact) mass is 349 g/mol. The minimum absolute atomic E-state index is 0.166. The molecule has 2 N–H and O–H groups in total. The van der Waals surface area contributed by atoms with Crippen LogP contribution in [0.25, 0.3) is 0 Å². The number of nitrogens with one attached hydrogen (secondary N) is 2. The van der Waals surface area contributed by atoms with Crippen LogP contribution >= 0.6 is 11.3 Å². The van der Waals surface area contributed by atoms with Crippen molar-refractivity contribution >= 4 is 23.2 Å². The van der Waals surface area contributed by atoms with Gasteiger partial charge in [-0.05, 0) is 61.2 Å². The van der Waals surface area contributed by atoms with Gasteiger partial charge in [0.2, 0.25) is 0 Å². The molecular formula is C18H27N3O2S. The number of amides is 2. The maximum absolute atomic E-state index is 12.1. The van der Waals surface area contributed by atoms with Gasteiger partial charge in [-0.15, -0.1) is 0 Å². The van der Waals surface area contributed by atoms with Crippen LogP contribution < -0.4 is 10.6 Å². The van der Waals surface area contributed by atoms with E-state index in [-0.39, 0.29) is 12.1 Å². The zero-order valence-electron chi connectivity index (χ0n) is 14.1. The van der Waals surface area contributed by atoms with E-state index in [1.807, 2.05) is 0 Å². The predicted octanol–water partition coefficient (Wildman–Crippen LogP) is 2.45. The first-order chi connectivity index (χ1) is 11.7. The molecule has 6 heteroatoms. The summed E-state index contributed by atoms with van der Waals surface area (Å²) < 4.78 is 0. The highest BCUT2D eigenvalue weighted by molar-refractivity contribution is 7.07. The van der Waals surface area contributed by atoms with Crippen LogP contribution in [0.3, 0.4) is 0 Å². The highest BCUT2D eigenvalue weighted by atomic mass is 32.1. The Kier molecular flexibility index (Phi) is 6.26. The number of thiophene rings is 1. The molecule has 1 atom stereocenters. The molecule has 1 saturated carbocycles. The molecule has 2 aliphatic rings. The summed E-state index contributed by atoms with van der Waals surface area (Å²) in [6.45, 7) is 2.61. The number of rotatable bonds is 5. The molecule has 1 saturated heterocycles. The fourth-order valence-electron chi connectivity index (χ4n) is 3.74. The van der Waals surface area contributed by atoms with Crippen LogP contribution in [0.5, 0.6) is 0 Å². The van der Waals surface area contributed by atoms with Crippen molar-refractivity contribution < 1.29 is 9.59 Å². The van der Waals surface area contributed by atoms with Gasteiger partial charge in [-0.3, -0.25) is 14.5 Å². The summed E-state index contributed by atoms with van der Waals surface area (Å²) in [5.74, 6) is -0.983. The molecule has 0 spiro atoms. The van der Waals surface area contributed by atoms with Crippen LogP contribution in [0.4, 0.5) is 0 Å². The van der Waals surface area contributed by atoms with Crippen LogP contribution in [0.2, 0.25) is 0 Å². The summed E-state index contributed by atoms with van der Waals surface area (Å²) >= 11 is 1.68. The van der Waals surface area contributed by atoms with E-state index < -0.39 is 11.8 Å².